The molecule has 0 unspecified atom stereocenters. The molecule has 0 fully saturated rings. The standard InChI is InChI=1S/C27H32N4O4S/c1-6-17(2)28-22(32)15-31-23(33)16-36-26(20-14-19(34-4)12-13-21(20)35-5)24-25(29-30(3)27(24)31)18-10-8-7-9-11-18/h7-14,17,26H,6,15-16H2,1-5H3,(H,28,32)/t17-,26+/m0/s1. The second kappa shape index (κ2) is 11.1. The summed E-state index contributed by atoms with van der Waals surface area (Å²) in [5.41, 5.74) is 3.44. The molecule has 2 amide bonds. The van der Waals surface area contributed by atoms with Crippen LogP contribution in [0, 0.1) is 0 Å². The third-order valence-corrected chi connectivity index (χ3v) is 7.57. The summed E-state index contributed by atoms with van der Waals surface area (Å²) in [6, 6.07) is 15.6. The van der Waals surface area contributed by atoms with Crippen molar-refractivity contribution in [2.45, 2.75) is 31.6 Å². The Labute approximate surface area is 216 Å². The maximum atomic E-state index is 13.4. The number of rotatable bonds is 8. The number of fused-ring (bicyclic) bond motifs is 1. The number of methoxy groups -OCH3 is 2. The van der Waals surface area contributed by atoms with E-state index in [9.17, 15) is 9.59 Å². The maximum Gasteiger partial charge on any atom is 0.240 e. The SMILES string of the molecule is CC[C@H](C)NC(=O)CN1C(=O)CS[C@H](c2cc(OC)ccc2OC)c2c(-c3ccccc3)nn(C)c21. The first-order valence-electron chi connectivity index (χ1n) is 11.9. The Morgan fingerprint density at radius 1 is 1.19 bits per heavy atom. The molecule has 1 N–H and O–H groups in total. The molecule has 190 valence electrons. The summed E-state index contributed by atoms with van der Waals surface area (Å²) < 4.78 is 12.9. The van der Waals surface area contributed by atoms with Gasteiger partial charge in [0.25, 0.3) is 0 Å². The van der Waals surface area contributed by atoms with Crippen LogP contribution in [0.4, 0.5) is 5.82 Å². The molecule has 2 atom stereocenters. The minimum absolute atomic E-state index is 0.0219. The highest BCUT2D eigenvalue weighted by atomic mass is 32.2. The number of hydrogen-bond donors (Lipinski definition) is 1. The highest BCUT2D eigenvalue weighted by molar-refractivity contribution is 8.00. The molecular weight excluding hydrogens is 476 g/mol. The molecule has 3 aromatic rings. The van der Waals surface area contributed by atoms with Crippen LogP contribution in [0.25, 0.3) is 11.3 Å². The first-order chi connectivity index (χ1) is 17.4. The van der Waals surface area contributed by atoms with E-state index in [2.05, 4.69) is 5.32 Å². The van der Waals surface area contributed by atoms with Crippen LogP contribution in [-0.4, -0.2) is 54.2 Å². The van der Waals surface area contributed by atoms with Gasteiger partial charge >= 0.3 is 0 Å². The number of thioether (sulfide) groups is 1. The van der Waals surface area contributed by atoms with Gasteiger partial charge in [-0.1, -0.05) is 37.3 Å². The van der Waals surface area contributed by atoms with E-state index in [-0.39, 0.29) is 35.4 Å². The second-order valence-corrected chi connectivity index (χ2v) is 9.82. The smallest absolute Gasteiger partial charge is 0.240 e. The number of amides is 2. The summed E-state index contributed by atoms with van der Waals surface area (Å²) in [5.74, 6) is 1.85. The number of carbonyl (C=O) groups excluding carboxylic acids is 2. The van der Waals surface area contributed by atoms with Crippen LogP contribution in [0.5, 0.6) is 11.5 Å². The van der Waals surface area contributed by atoms with Crippen molar-refractivity contribution in [3.8, 4) is 22.8 Å². The van der Waals surface area contributed by atoms with Crippen LogP contribution < -0.4 is 19.7 Å². The number of ether oxygens (including phenoxy) is 2. The molecule has 2 heterocycles. The fourth-order valence-electron chi connectivity index (χ4n) is 4.36. The summed E-state index contributed by atoms with van der Waals surface area (Å²) in [7, 11) is 5.07. The summed E-state index contributed by atoms with van der Waals surface area (Å²) in [4.78, 5) is 27.9. The van der Waals surface area contributed by atoms with Gasteiger partial charge < -0.3 is 14.8 Å². The number of benzene rings is 2. The second-order valence-electron chi connectivity index (χ2n) is 8.73. The normalized spacial score (nSPS) is 16.2. The van der Waals surface area contributed by atoms with Crippen LogP contribution in [0.1, 0.15) is 36.6 Å². The molecule has 0 bridgehead atoms. The van der Waals surface area contributed by atoms with Crippen molar-refractivity contribution in [3.63, 3.8) is 0 Å². The molecule has 1 aliphatic rings. The third kappa shape index (κ3) is 5.06. The third-order valence-electron chi connectivity index (χ3n) is 6.33. The molecule has 0 spiro atoms. The molecule has 0 saturated heterocycles. The number of carbonyl (C=O) groups is 2. The van der Waals surface area contributed by atoms with Crippen molar-refractivity contribution in [2.24, 2.45) is 7.05 Å². The van der Waals surface area contributed by atoms with Crippen LogP contribution >= 0.6 is 11.8 Å². The van der Waals surface area contributed by atoms with E-state index in [4.69, 9.17) is 14.6 Å². The summed E-state index contributed by atoms with van der Waals surface area (Å²) in [5, 5.41) is 7.55. The molecule has 4 rings (SSSR count). The van der Waals surface area contributed by atoms with Crippen molar-refractivity contribution in [2.75, 3.05) is 31.4 Å². The Hall–Kier alpha value is -3.46. The first kappa shape index (κ1) is 25.6. The van der Waals surface area contributed by atoms with Gasteiger partial charge in [-0.15, -0.1) is 11.8 Å². The predicted octanol–water partition coefficient (Wildman–Crippen LogP) is 4.19. The molecule has 36 heavy (non-hydrogen) atoms. The first-order valence-corrected chi connectivity index (χ1v) is 13.0. The molecule has 1 aliphatic heterocycles. The Kier molecular flexibility index (Phi) is 7.88. The molecule has 9 heteroatoms. The number of hydrogen-bond acceptors (Lipinski definition) is 6. The van der Waals surface area contributed by atoms with Gasteiger partial charge in [0, 0.05) is 29.8 Å². The number of aromatic nitrogens is 2. The van der Waals surface area contributed by atoms with E-state index in [1.165, 1.54) is 11.8 Å². The Morgan fingerprint density at radius 3 is 2.61 bits per heavy atom. The van der Waals surface area contributed by atoms with Gasteiger partial charge in [-0.3, -0.25) is 19.2 Å². The van der Waals surface area contributed by atoms with Crippen LogP contribution in [0.2, 0.25) is 0 Å². The highest BCUT2D eigenvalue weighted by Crippen LogP contribution is 2.50. The van der Waals surface area contributed by atoms with Crippen molar-refractivity contribution in [3.05, 3.63) is 59.7 Å². The van der Waals surface area contributed by atoms with Gasteiger partial charge in [-0.2, -0.15) is 5.10 Å². The van der Waals surface area contributed by atoms with Crippen molar-refractivity contribution in [1.82, 2.24) is 15.1 Å². The Balaban J connectivity index is 1.91. The zero-order valence-electron chi connectivity index (χ0n) is 21.3. The van der Waals surface area contributed by atoms with Crippen molar-refractivity contribution in [1.29, 1.82) is 0 Å². The van der Waals surface area contributed by atoms with Gasteiger partial charge in [0.2, 0.25) is 11.8 Å². The molecule has 0 saturated carbocycles. The molecule has 2 aromatic carbocycles. The molecule has 0 aliphatic carbocycles. The lowest BCUT2D eigenvalue weighted by molar-refractivity contribution is -0.123. The average molecular weight is 509 g/mol. The van der Waals surface area contributed by atoms with E-state index in [0.29, 0.717) is 17.3 Å². The minimum Gasteiger partial charge on any atom is -0.497 e. The number of nitrogens with one attached hydrogen (secondary N) is 1. The van der Waals surface area contributed by atoms with E-state index >= 15 is 0 Å². The molecular formula is C27H32N4O4S. The van der Waals surface area contributed by atoms with E-state index < -0.39 is 0 Å². The van der Waals surface area contributed by atoms with Gasteiger partial charge in [0.05, 0.1) is 30.9 Å². The topological polar surface area (TPSA) is 85.7 Å². The Morgan fingerprint density at radius 2 is 1.94 bits per heavy atom. The summed E-state index contributed by atoms with van der Waals surface area (Å²) in [6.07, 6.45) is 0.808. The van der Waals surface area contributed by atoms with Crippen molar-refractivity contribution < 1.29 is 19.1 Å². The number of aryl methyl sites for hydroxylation is 1. The minimum atomic E-state index is -0.277. The van der Waals surface area contributed by atoms with Gasteiger partial charge in [-0.25, -0.2) is 0 Å². The fraction of sp³-hybridized carbons (Fsp3) is 0.370. The van der Waals surface area contributed by atoms with Crippen LogP contribution in [0.15, 0.2) is 48.5 Å². The fourth-order valence-corrected chi connectivity index (χ4v) is 5.57. The van der Waals surface area contributed by atoms with E-state index in [0.717, 1.165) is 28.8 Å². The molecule has 1 aromatic heterocycles. The van der Waals surface area contributed by atoms with Gasteiger partial charge in [-0.05, 0) is 31.5 Å². The predicted molar refractivity (Wildman–Crippen MR) is 143 cm³/mol. The van der Waals surface area contributed by atoms with Gasteiger partial charge in [0.1, 0.15) is 23.9 Å². The quantitative estimate of drug-likeness (QED) is 0.491. The zero-order chi connectivity index (χ0) is 25.8. The molecule has 8 nitrogen and oxygen atoms in total. The summed E-state index contributed by atoms with van der Waals surface area (Å²) >= 11 is 1.50. The largest absolute Gasteiger partial charge is 0.497 e. The molecule has 0 radical (unpaired) electrons. The number of anilines is 1. The Bertz CT molecular complexity index is 1240. The van der Waals surface area contributed by atoms with Crippen LogP contribution in [-0.2, 0) is 16.6 Å². The van der Waals surface area contributed by atoms with Crippen molar-refractivity contribution >= 4 is 29.4 Å². The van der Waals surface area contributed by atoms with Gasteiger partial charge in [0.15, 0.2) is 0 Å². The average Bonchev–Trinajstić information content (AvgIpc) is 3.16. The van der Waals surface area contributed by atoms with E-state index in [1.807, 2.05) is 69.4 Å². The number of nitrogens with zero attached hydrogens (tertiary/aromatic N) is 3. The lowest BCUT2D eigenvalue weighted by atomic mass is 9.98. The summed E-state index contributed by atoms with van der Waals surface area (Å²) in [6.45, 7) is 3.88. The monoisotopic (exact) mass is 508 g/mol. The zero-order valence-corrected chi connectivity index (χ0v) is 22.1. The highest BCUT2D eigenvalue weighted by Gasteiger charge is 2.37. The van der Waals surface area contributed by atoms with Crippen LogP contribution in [0.3, 0.4) is 0 Å². The lowest BCUT2D eigenvalue weighted by Crippen LogP contribution is -2.44. The maximum absolute atomic E-state index is 13.4. The lowest BCUT2D eigenvalue weighted by Gasteiger charge is -2.23. The van der Waals surface area contributed by atoms with E-state index in [1.54, 1.807) is 23.8 Å².